The van der Waals surface area contributed by atoms with Gasteiger partial charge in [0.05, 0.1) is 18.9 Å². The molecule has 182 valence electrons. The topological polar surface area (TPSA) is 66.3 Å². The molecule has 0 spiro atoms. The number of unbranched alkanes of at least 4 members (excludes halogenated alkanes) is 5. The van der Waals surface area contributed by atoms with Crippen LogP contribution in [-0.4, -0.2) is 43.8 Å². The Morgan fingerprint density at radius 2 is 1.76 bits per heavy atom. The summed E-state index contributed by atoms with van der Waals surface area (Å²) >= 11 is 0. The van der Waals surface area contributed by atoms with Crippen LogP contribution in [0.3, 0.4) is 0 Å². The zero-order valence-electron chi connectivity index (χ0n) is 20.6. The van der Waals surface area contributed by atoms with Crippen LogP contribution < -0.4 is 5.32 Å². The molecule has 0 fully saturated rings. The summed E-state index contributed by atoms with van der Waals surface area (Å²) in [7, 11) is 0. The summed E-state index contributed by atoms with van der Waals surface area (Å²) in [5.74, 6) is 0.139. The van der Waals surface area contributed by atoms with Crippen LogP contribution in [0.25, 0.3) is 0 Å². The van der Waals surface area contributed by atoms with E-state index in [-0.39, 0.29) is 5.91 Å². The first-order valence-corrected chi connectivity index (χ1v) is 12.7. The summed E-state index contributed by atoms with van der Waals surface area (Å²) < 4.78 is 5.58. The summed E-state index contributed by atoms with van der Waals surface area (Å²) in [5, 5.41) is 13.4. The van der Waals surface area contributed by atoms with Crippen molar-refractivity contribution in [1.29, 1.82) is 0 Å². The third-order valence-electron chi connectivity index (χ3n) is 5.78. The van der Waals surface area contributed by atoms with E-state index in [1.165, 1.54) is 36.8 Å². The molecule has 1 aromatic rings. The Kier molecular flexibility index (Phi) is 13.8. The van der Waals surface area contributed by atoms with E-state index in [0.717, 1.165) is 44.5 Å². The van der Waals surface area contributed by atoms with E-state index in [4.69, 9.17) is 4.74 Å². The zero-order chi connectivity index (χ0) is 23.6. The Bertz CT molecular complexity index is 752. The molecule has 0 radical (unpaired) electrons. The Morgan fingerprint density at radius 1 is 1.03 bits per heavy atom. The molecule has 0 heterocycles. The van der Waals surface area contributed by atoms with E-state index in [2.05, 4.69) is 59.9 Å². The van der Waals surface area contributed by atoms with Gasteiger partial charge in [0.2, 0.25) is 5.91 Å². The molecule has 6 heteroatoms. The number of ether oxygens (including phenoxy) is 1. The quantitative estimate of drug-likeness (QED) is 0.160. The average molecular weight is 455 g/mol. The van der Waals surface area contributed by atoms with E-state index in [9.17, 15) is 4.79 Å². The van der Waals surface area contributed by atoms with Gasteiger partial charge in [-0.1, -0.05) is 61.3 Å². The Hall–Kier alpha value is -2.47. The molecule has 6 nitrogen and oxygen atoms in total. The van der Waals surface area contributed by atoms with E-state index in [1.54, 1.807) is 0 Å². The SMILES string of the molecule is CCN(CC)/N=N/c1ccc(CCCCCCCCC(=O)NCCOCC2=CC=CC2)cc1. The number of hydrogen-bond acceptors (Lipinski definition) is 4. The number of nitrogens with zero attached hydrogens (tertiary/aromatic N) is 3. The second-order valence-electron chi connectivity index (χ2n) is 8.48. The van der Waals surface area contributed by atoms with E-state index in [0.29, 0.717) is 26.2 Å². The Morgan fingerprint density at radius 3 is 2.45 bits per heavy atom. The molecule has 1 N–H and O–H groups in total. The minimum Gasteiger partial charge on any atom is -0.375 e. The lowest BCUT2D eigenvalue weighted by Gasteiger charge is -2.11. The summed E-state index contributed by atoms with van der Waals surface area (Å²) in [6.07, 6.45) is 15.9. The molecule has 0 aliphatic heterocycles. The predicted octanol–water partition coefficient (Wildman–Crippen LogP) is 6.32. The van der Waals surface area contributed by atoms with Crippen molar-refractivity contribution in [1.82, 2.24) is 10.3 Å². The first-order chi connectivity index (χ1) is 16.2. The third-order valence-corrected chi connectivity index (χ3v) is 5.78. The highest BCUT2D eigenvalue weighted by atomic mass is 16.5. The number of benzene rings is 1. The maximum atomic E-state index is 11.9. The molecule has 0 saturated carbocycles. The maximum absolute atomic E-state index is 11.9. The van der Waals surface area contributed by atoms with Gasteiger partial charge in [-0.15, -0.1) is 5.11 Å². The lowest BCUT2D eigenvalue weighted by Crippen LogP contribution is -2.27. The van der Waals surface area contributed by atoms with Crippen LogP contribution in [0.5, 0.6) is 0 Å². The Labute approximate surface area is 200 Å². The molecule has 1 aromatic carbocycles. The third kappa shape index (κ3) is 12.4. The predicted molar refractivity (Wildman–Crippen MR) is 136 cm³/mol. The van der Waals surface area contributed by atoms with Gasteiger partial charge in [-0.05, 0) is 62.8 Å². The largest absolute Gasteiger partial charge is 0.375 e. The number of aryl methyl sites for hydroxylation is 1. The number of hydrogen-bond donors (Lipinski definition) is 1. The fraction of sp³-hybridized carbons (Fsp3) is 0.593. The molecule has 0 bridgehead atoms. The number of rotatable bonds is 18. The summed E-state index contributed by atoms with van der Waals surface area (Å²) in [6.45, 7) is 7.74. The van der Waals surface area contributed by atoms with Crippen molar-refractivity contribution in [2.24, 2.45) is 10.3 Å². The molecular weight excluding hydrogens is 412 g/mol. The highest BCUT2D eigenvalue weighted by Gasteiger charge is 2.02. The highest BCUT2D eigenvalue weighted by molar-refractivity contribution is 5.75. The first-order valence-electron chi connectivity index (χ1n) is 12.7. The highest BCUT2D eigenvalue weighted by Crippen LogP contribution is 2.16. The monoisotopic (exact) mass is 454 g/mol. The van der Waals surface area contributed by atoms with E-state index < -0.39 is 0 Å². The molecule has 0 aromatic heterocycles. The second kappa shape index (κ2) is 17.1. The van der Waals surface area contributed by atoms with Crippen LogP contribution in [0.2, 0.25) is 0 Å². The van der Waals surface area contributed by atoms with Crippen LogP contribution in [0.4, 0.5) is 5.69 Å². The number of allylic oxidation sites excluding steroid dienone is 3. The van der Waals surface area contributed by atoms with Crippen molar-refractivity contribution in [3.8, 4) is 0 Å². The minimum absolute atomic E-state index is 0.139. The number of carbonyl (C=O) groups excluding carboxylic acids is 1. The van der Waals surface area contributed by atoms with Crippen molar-refractivity contribution >= 4 is 11.6 Å². The van der Waals surface area contributed by atoms with E-state index >= 15 is 0 Å². The van der Waals surface area contributed by atoms with E-state index in [1.807, 2.05) is 17.1 Å². The van der Waals surface area contributed by atoms with Gasteiger partial charge >= 0.3 is 0 Å². The van der Waals surface area contributed by atoms with Crippen LogP contribution in [0.1, 0.15) is 70.8 Å². The molecule has 1 aliphatic carbocycles. The molecule has 33 heavy (non-hydrogen) atoms. The van der Waals surface area contributed by atoms with Gasteiger partial charge in [-0.2, -0.15) is 0 Å². The van der Waals surface area contributed by atoms with Gasteiger partial charge in [0.15, 0.2) is 0 Å². The van der Waals surface area contributed by atoms with Crippen molar-refractivity contribution in [2.75, 3.05) is 32.8 Å². The number of carbonyl (C=O) groups is 1. The summed E-state index contributed by atoms with van der Waals surface area (Å²) in [6, 6.07) is 8.40. The van der Waals surface area contributed by atoms with Crippen molar-refractivity contribution in [2.45, 2.75) is 71.6 Å². The second-order valence-corrected chi connectivity index (χ2v) is 8.48. The fourth-order valence-corrected chi connectivity index (χ4v) is 3.67. The normalized spacial score (nSPS) is 13.0. The van der Waals surface area contributed by atoms with Gasteiger partial charge < -0.3 is 10.1 Å². The zero-order valence-corrected chi connectivity index (χ0v) is 20.6. The average Bonchev–Trinajstić information content (AvgIpc) is 3.35. The first kappa shape index (κ1) is 26.8. The lowest BCUT2D eigenvalue weighted by atomic mass is 10.0. The van der Waals surface area contributed by atoms with Gasteiger partial charge in [0.25, 0.3) is 0 Å². The standard InChI is InChI=1S/C27H42N4O2/c1-3-31(4-2)30-29-26-19-17-24(18-20-26)13-9-7-5-6-8-10-16-27(32)28-21-22-33-23-25-14-11-12-15-25/h11-12,14,17-20H,3-10,13,15-16,21-23H2,1-2H3,(H,28,32)/b30-29+. The number of nitrogens with one attached hydrogen (secondary N) is 1. The molecule has 2 rings (SSSR count). The fourth-order valence-electron chi connectivity index (χ4n) is 3.67. The van der Waals surface area contributed by atoms with Crippen LogP contribution in [0, 0.1) is 0 Å². The van der Waals surface area contributed by atoms with Crippen LogP contribution in [0.15, 0.2) is 58.4 Å². The smallest absolute Gasteiger partial charge is 0.220 e. The van der Waals surface area contributed by atoms with Crippen molar-refractivity contribution in [3.63, 3.8) is 0 Å². The molecule has 1 amide bonds. The van der Waals surface area contributed by atoms with Gasteiger partial charge in [-0.25, -0.2) is 0 Å². The molecule has 1 aliphatic rings. The van der Waals surface area contributed by atoms with Crippen LogP contribution in [-0.2, 0) is 16.0 Å². The van der Waals surface area contributed by atoms with Gasteiger partial charge in [-0.3, -0.25) is 9.80 Å². The van der Waals surface area contributed by atoms with Gasteiger partial charge in [0, 0.05) is 26.1 Å². The molecule has 0 unspecified atom stereocenters. The molecule has 0 atom stereocenters. The van der Waals surface area contributed by atoms with Crippen molar-refractivity contribution in [3.05, 3.63) is 53.6 Å². The van der Waals surface area contributed by atoms with Gasteiger partial charge in [0.1, 0.15) is 0 Å². The Balaban J connectivity index is 1.40. The lowest BCUT2D eigenvalue weighted by molar-refractivity contribution is -0.121. The minimum atomic E-state index is 0.139. The maximum Gasteiger partial charge on any atom is 0.220 e. The molecular formula is C27H42N4O2. The van der Waals surface area contributed by atoms with Crippen LogP contribution >= 0.6 is 0 Å². The number of amides is 1. The van der Waals surface area contributed by atoms with Crippen molar-refractivity contribution < 1.29 is 9.53 Å². The summed E-state index contributed by atoms with van der Waals surface area (Å²) in [4.78, 5) is 11.9. The molecule has 0 saturated heterocycles. The summed E-state index contributed by atoms with van der Waals surface area (Å²) in [5.41, 5.74) is 3.56.